The second-order valence-corrected chi connectivity index (χ2v) is 14.5. The van der Waals surface area contributed by atoms with Gasteiger partial charge in [0.15, 0.2) is 0 Å². The Balaban J connectivity index is 0.987. The summed E-state index contributed by atoms with van der Waals surface area (Å²) in [6.07, 6.45) is 8.88. The third-order valence-corrected chi connectivity index (χ3v) is 10.9. The van der Waals surface area contributed by atoms with Crippen LogP contribution in [0.2, 0.25) is 0 Å². The SMILES string of the molecule is C1=CC(c2cc(-c3ccc(-c4ccc(-c5ccc6ccc7nc(-c8ccccc8)cc(-c8ccccc8)c7c6c5)cc4)cc3)cc(-c3ccccc3)n2)=CCC1. The number of aromatic nitrogens is 2. The minimum absolute atomic E-state index is 0.980. The first-order valence-electron chi connectivity index (χ1n) is 19.4. The first-order valence-corrected chi connectivity index (χ1v) is 19.4. The zero-order valence-electron chi connectivity index (χ0n) is 30.9. The third kappa shape index (κ3) is 6.52. The molecule has 0 fully saturated rings. The van der Waals surface area contributed by atoms with E-state index in [1.807, 2.05) is 6.07 Å². The number of hydrogen-bond donors (Lipinski definition) is 0. The number of allylic oxidation sites excluding steroid dienone is 4. The molecule has 0 spiro atoms. The first-order chi connectivity index (χ1) is 27.7. The van der Waals surface area contributed by atoms with Crippen LogP contribution in [0.4, 0.5) is 0 Å². The Morgan fingerprint density at radius 3 is 1.48 bits per heavy atom. The van der Waals surface area contributed by atoms with E-state index < -0.39 is 0 Å². The van der Waals surface area contributed by atoms with Crippen molar-refractivity contribution in [3.05, 3.63) is 212 Å². The van der Waals surface area contributed by atoms with Gasteiger partial charge in [0, 0.05) is 16.5 Å². The van der Waals surface area contributed by atoms with Crippen molar-refractivity contribution in [2.75, 3.05) is 0 Å². The van der Waals surface area contributed by atoms with Gasteiger partial charge in [0.2, 0.25) is 0 Å². The van der Waals surface area contributed by atoms with Crippen molar-refractivity contribution >= 4 is 27.2 Å². The first kappa shape index (κ1) is 33.4. The van der Waals surface area contributed by atoms with Gasteiger partial charge in [-0.05, 0) is 104 Å². The lowest BCUT2D eigenvalue weighted by atomic mass is 9.92. The molecule has 0 radical (unpaired) electrons. The summed E-state index contributed by atoms with van der Waals surface area (Å²) in [6, 6.07) is 67.4. The minimum atomic E-state index is 0.980. The lowest BCUT2D eigenvalue weighted by molar-refractivity contribution is 1.04. The van der Waals surface area contributed by atoms with Crippen LogP contribution in [0.5, 0.6) is 0 Å². The molecule has 0 bridgehead atoms. The molecule has 0 saturated carbocycles. The zero-order chi connectivity index (χ0) is 37.3. The predicted octanol–water partition coefficient (Wildman–Crippen LogP) is 14.5. The van der Waals surface area contributed by atoms with Crippen molar-refractivity contribution in [3.63, 3.8) is 0 Å². The monoisotopic (exact) mass is 714 g/mol. The van der Waals surface area contributed by atoms with E-state index in [0.717, 1.165) is 46.6 Å². The van der Waals surface area contributed by atoms with Crippen molar-refractivity contribution in [1.82, 2.24) is 9.97 Å². The van der Waals surface area contributed by atoms with Gasteiger partial charge in [-0.2, -0.15) is 0 Å². The van der Waals surface area contributed by atoms with Crippen LogP contribution >= 0.6 is 0 Å². The number of hydrogen-bond acceptors (Lipinski definition) is 2. The Bertz CT molecular complexity index is 2910. The highest BCUT2D eigenvalue weighted by atomic mass is 14.7. The van der Waals surface area contributed by atoms with Crippen LogP contribution < -0.4 is 0 Å². The van der Waals surface area contributed by atoms with Gasteiger partial charge >= 0.3 is 0 Å². The minimum Gasteiger partial charge on any atom is -0.248 e. The summed E-state index contributed by atoms with van der Waals surface area (Å²) in [5.41, 5.74) is 16.9. The molecule has 0 saturated heterocycles. The maximum absolute atomic E-state index is 5.19. The van der Waals surface area contributed by atoms with Gasteiger partial charge in [-0.3, -0.25) is 0 Å². The van der Waals surface area contributed by atoms with Gasteiger partial charge in [-0.15, -0.1) is 0 Å². The van der Waals surface area contributed by atoms with Gasteiger partial charge < -0.3 is 0 Å². The van der Waals surface area contributed by atoms with E-state index in [1.54, 1.807) is 0 Å². The summed E-state index contributed by atoms with van der Waals surface area (Å²) in [4.78, 5) is 10.3. The van der Waals surface area contributed by atoms with Gasteiger partial charge in [-0.25, -0.2) is 9.97 Å². The molecule has 1 aliphatic rings. The highest BCUT2D eigenvalue weighted by Gasteiger charge is 2.15. The van der Waals surface area contributed by atoms with E-state index in [9.17, 15) is 0 Å². The quantitative estimate of drug-likeness (QED) is 0.154. The lowest BCUT2D eigenvalue weighted by Gasteiger charge is -2.14. The topological polar surface area (TPSA) is 25.8 Å². The molecule has 0 unspecified atom stereocenters. The van der Waals surface area contributed by atoms with Crippen molar-refractivity contribution in [2.45, 2.75) is 12.8 Å². The molecule has 2 heterocycles. The lowest BCUT2D eigenvalue weighted by Crippen LogP contribution is -1.95. The molecule has 9 aromatic rings. The summed E-state index contributed by atoms with van der Waals surface area (Å²) in [6.45, 7) is 0. The van der Waals surface area contributed by atoms with Gasteiger partial charge in [0.25, 0.3) is 0 Å². The molecule has 2 heteroatoms. The van der Waals surface area contributed by atoms with Crippen molar-refractivity contribution in [1.29, 1.82) is 0 Å². The van der Waals surface area contributed by atoms with Crippen molar-refractivity contribution in [2.24, 2.45) is 0 Å². The molecule has 2 aromatic heterocycles. The van der Waals surface area contributed by atoms with E-state index in [0.29, 0.717) is 0 Å². The fourth-order valence-corrected chi connectivity index (χ4v) is 7.95. The number of rotatable bonds is 7. The van der Waals surface area contributed by atoms with E-state index >= 15 is 0 Å². The second kappa shape index (κ2) is 14.6. The maximum Gasteiger partial charge on any atom is 0.0722 e. The molecule has 264 valence electrons. The van der Waals surface area contributed by atoms with Crippen molar-refractivity contribution < 1.29 is 0 Å². The Kier molecular flexibility index (Phi) is 8.70. The molecular weight excluding hydrogens is 677 g/mol. The number of fused-ring (bicyclic) bond motifs is 3. The highest BCUT2D eigenvalue weighted by Crippen LogP contribution is 2.39. The van der Waals surface area contributed by atoms with Gasteiger partial charge in [0.05, 0.1) is 22.6 Å². The number of benzene rings is 7. The summed E-state index contributed by atoms with van der Waals surface area (Å²) < 4.78 is 0. The molecule has 2 nitrogen and oxygen atoms in total. The molecule has 0 amide bonds. The Morgan fingerprint density at radius 1 is 0.357 bits per heavy atom. The molecule has 7 aromatic carbocycles. The van der Waals surface area contributed by atoms with Gasteiger partial charge in [-0.1, -0.05) is 176 Å². The fourth-order valence-electron chi connectivity index (χ4n) is 7.95. The van der Waals surface area contributed by atoms with Crippen LogP contribution in [0.1, 0.15) is 18.5 Å². The highest BCUT2D eigenvalue weighted by molar-refractivity contribution is 6.14. The van der Waals surface area contributed by atoms with Crippen LogP contribution in [-0.2, 0) is 0 Å². The van der Waals surface area contributed by atoms with Crippen LogP contribution in [0, 0.1) is 0 Å². The third-order valence-electron chi connectivity index (χ3n) is 10.9. The smallest absolute Gasteiger partial charge is 0.0722 e. The Morgan fingerprint density at radius 2 is 0.875 bits per heavy atom. The molecule has 10 rings (SSSR count). The van der Waals surface area contributed by atoms with E-state index in [4.69, 9.17) is 9.97 Å². The normalized spacial score (nSPS) is 12.5. The molecular formula is C54H38N2. The molecule has 1 aliphatic carbocycles. The standard InChI is InChI=1S/C54H38N2/c1-5-13-41(14-6-1)49-36-53(45-19-11-4-12-20-45)55-50-32-31-42-29-30-46(33-48(42)54(49)50)39-25-21-37(22-26-39)38-23-27-40(28-24-38)47-34-51(43-15-7-2-8-16-43)56-52(35-47)44-17-9-3-10-18-44/h1-2,4-9,11-36H,3,10H2. The average molecular weight is 715 g/mol. The molecule has 56 heavy (non-hydrogen) atoms. The van der Waals surface area contributed by atoms with Crippen LogP contribution in [0.3, 0.4) is 0 Å². The molecule has 0 N–H and O–H groups in total. The van der Waals surface area contributed by atoms with Gasteiger partial charge in [0.1, 0.15) is 0 Å². The fraction of sp³-hybridized carbons (Fsp3) is 0.0370. The van der Waals surface area contributed by atoms with E-state index in [-0.39, 0.29) is 0 Å². The average Bonchev–Trinajstić information content (AvgIpc) is 3.29. The Hall–Kier alpha value is -7.16. The Labute approximate surface area is 327 Å². The van der Waals surface area contributed by atoms with Crippen LogP contribution in [0.15, 0.2) is 206 Å². The van der Waals surface area contributed by atoms with E-state index in [2.05, 4.69) is 200 Å². The summed E-state index contributed by atoms with van der Waals surface area (Å²) >= 11 is 0. The predicted molar refractivity (Wildman–Crippen MR) is 236 cm³/mol. The zero-order valence-corrected chi connectivity index (χ0v) is 30.9. The molecule has 0 atom stereocenters. The van der Waals surface area contributed by atoms with E-state index in [1.165, 1.54) is 66.2 Å². The summed E-state index contributed by atoms with van der Waals surface area (Å²) in [5, 5.41) is 3.58. The molecule has 0 aliphatic heterocycles. The summed E-state index contributed by atoms with van der Waals surface area (Å²) in [5.74, 6) is 0. The second-order valence-electron chi connectivity index (χ2n) is 14.5. The van der Waals surface area contributed by atoms with Crippen LogP contribution in [-0.4, -0.2) is 9.97 Å². The number of pyridine rings is 2. The maximum atomic E-state index is 5.19. The largest absolute Gasteiger partial charge is 0.248 e. The number of nitrogens with zero attached hydrogens (tertiary/aromatic N) is 2. The van der Waals surface area contributed by atoms with Crippen molar-refractivity contribution in [3.8, 4) is 67.0 Å². The van der Waals surface area contributed by atoms with Crippen LogP contribution in [0.25, 0.3) is 94.3 Å². The summed E-state index contributed by atoms with van der Waals surface area (Å²) in [7, 11) is 0.